The summed E-state index contributed by atoms with van der Waals surface area (Å²) < 4.78 is 0. The third-order valence-corrected chi connectivity index (χ3v) is 3.65. The number of benzene rings is 1. The van der Waals surface area contributed by atoms with Crippen molar-refractivity contribution in [3.63, 3.8) is 0 Å². The Labute approximate surface area is 118 Å². The predicted molar refractivity (Wildman–Crippen MR) is 82.4 cm³/mol. The van der Waals surface area contributed by atoms with E-state index < -0.39 is 6.10 Å². The Morgan fingerprint density at radius 1 is 1.00 bits per heavy atom. The molecule has 1 N–H and O–H groups in total. The molecule has 0 aliphatic rings. The lowest BCUT2D eigenvalue weighted by Crippen LogP contribution is -2.37. The fourth-order valence-corrected chi connectivity index (χ4v) is 2.26. The van der Waals surface area contributed by atoms with E-state index in [9.17, 15) is 5.11 Å². The topological polar surface area (TPSA) is 23.5 Å². The highest BCUT2D eigenvalue weighted by Crippen LogP contribution is 2.19. The van der Waals surface area contributed by atoms with Gasteiger partial charge in [-0.25, -0.2) is 0 Å². The highest BCUT2D eigenvalue weighted by molar-refractivity contribution is 5.31. The zero-order valence-electron chi connectivity index (χ0n) is 13.3. The van der Waals surface area contributed by atoms with Crippen LogP contribution in [0.4, 0.5) is 0 Å². The van der Waals surface area contributed by atoms with Crippen molar-refractivity contribution in [2.75, 3.05) is 13.1 Å². The van der Waals surface area contributed by atoms with E-state index in [2.05, 4.69) is 58.6 Å². The lowest BCUT2D eigenvalue weighted by Gasteiger charge is -2.30. The van der Waals surface area contributed by atoms with Crippen molar-refractivity contribution in [3.05, 3.63) is 34.9 Å². The molecular weight excluding hydrogens is 234 g/mol. The van der Waals surface area contributed by atoms with Crippen molar-refractivity contribution in [1.82, 2.24) is 4.90 Å². The zero-order valence-corrected chi connectivity index (χ0v) is 13.3. The molecule has 1 aromatic carbocycles. The Kier molecular flexibility index (Phi) is 6.02. The molecule has 0 heterocycles. The van der Waals surface area contributed by atoms with Gasteiger partial charge in [0.15, 0.2) is 0 Å². The van der Waals surface area contributed by atoms with Crippen molar-refractivity contribution >= 4 is 0 Å². The molecule has 0 aromatic heterocycles. The molecule has 108 valence electrons. The Hall–Kier alpha value is -0.860. The third-order valence-electron chi connectivity index (χ3n) is 3.65. The number of aryl methyl sites for hydroxylation is 2. The van der Waals surface area contributed by atoms with Gasteiger partial charge in [0, 0.05) is 19.1 Å². The maximum atomic E-state index is 10.4. The Balaban J connectivity index is 2.75. The van der Waals surface area contributed by atoms with Gasteiger partial charge in [0.1, 0.15) is 0 Å². The number of hydrogen-bond donors (Lipinski definition) is 1. The van der Waals surface area contributed by atoms with Gasteiger partial charge in [0.05, 0.1) is 6.10 Å². The lowest BCUT2D eigenvalue weighted by atomic mass is 10.0. The highest BCUT2D eigenvalue weighted by atomic mass is 16.3. The zero-order chi connectivity index (χ0) is 14.6. The van der Waals surface area contributed by atoms with E-state index in [-0.39, 0.29) is 0 Å². The van der Waals surface area contributed by atoms with Gasteiger partial charge < -0.3 is 5.11 Å². The van der Waals surface area contributed by atoms with Crippen LogP contribution in [0.2, 0.25) is 0 Å². The molecule has 0 aliphatic carbocycles. The molecule has 0 saturated carbocycles. The van der Waals surface area contributed by atoms with Gasteiger partial charge in [0.25, 0.3) is 0 Å². The first-order valence-corrected chi connectivity index (χ1v) is 7.30. The maximum absolute atomic E-state index is 10.4. The smallest absolute Gasteiger partial charge is 0.0917 e. The van der Waals surface area contributed by atoms with Crippen molar-refractivity contribution in [2.24, 2.45) is 5.92 Å². The summed E-state index contributed by atoms with van der Waals surface area (Å²) in [5.41, 5.74) is 3.55. The lowest BCUT2D eigenvalue weighted by molar-refractivity contribution is 0.0877. The fourth-order valence-electron chi connectivity index (χ4n) is 2.26. The van der Waals surface area contributed by atoms with Crippen LogP contribution in [-0.4, -0.2) is 29.1 Å². The summed E-state index contributed by atoms with van der Waals surface area (Å²) in [6.07, 6.45) is -0.402. The SMILES string of the molecule is Cc1ccc(C(O)CN(CC(C)C)C(C)C)cc1C. The summed E-state index contributed by atoms with van der Waals surface area (Å²) >= 11 is 0. The second-order valence-corrected chi connectivity index (χ2v) is 6.30. The minimum Gasteiger partial charge on any atom is -0.387 e. The molecule has 0 spiro atoms. The quantitative estimate of drug-likeness (QED) is 0.846. The highest BCUT2D eigenvalue weighted by Gasteiger charge is 2.17. The first-order valence-electron chi connectivity index (χ1n) is 7.30. The molecule has 0 fully saturated rings. The number of aliphatic hydroxyl groups is 1. The molecular formula is C17H29NO. The Morgan fingerprint density at radius 2 is 1.63 bits per heavy atom. The molecule has 2 nitrogen and oxygen atoms in total. The van der Waals surface area contributed by atoms with Gasteiger partial charge in [-0.05, 0) is 50.3 Å². The second kappa shape index (κ2) is 7.06. The molecule has 0 aliphatic heterocycles. The predicted octanol–water partition coefficient (Wildman–Crippen LogP) is 3.70. The molecule has 19 heavy (non-hydrogen) atoms. The Bertz CT molecular complexity index is 398. The van der Waals surface area contributed by atoms with E-state index in [1.807, 2.05) is 6.07 Å². The van der Waals surface area contributed by atoms with E-state index in [0.29, 0.717) is 18.5 Å². The molecule has 0 bridgehead atoms. The maximum Gasteiger partial charge on any atom is 0.0917 e. The van der Waals surface area contributed by atoms with Gasteiger partial charge in [0.2, 0.25) is 0 Å². The van der Waals surface area contributed by atoms with Crippen molar-refractivity contribution in [3.8, 4) is 0 Å². The molecule has 1 aromatic rings. The van der Waals surface area contributed by atoms with Gasteiger partial charge in [-0.15, -0.1) is 0 Å². The summed E-state index contributed by atoms with van der Waals surface area (Å²) in [7, 11) is 0. The Morgan fingerprint density at radius 3 is 2.11 bits per heavy atom. The van der Waals surface area contributed by atoms with Gasteiger partial charge >= 0.3 is 0 Å². The first kappa shape index (κ1) is 16.2. The number of aliphatic hydroxyl groups excluding tert-OH is 1. The average molecular weight is 263 g/mol. The largest absolute Gasteiger partial charge is 0.387 e. The second-order valence-electron chi connectivity index (χ2n) is 6.30. The molecule has 1 rings (SSSR count). The monoisotopic (exact) mass is 263 g/mol. The molecule has 2 heteroatoms. The molecule has 0 radical (unpaired) electrons. The van der Waals surface area contributed by atoms with Crippen LogP contribution >= 0.6 is 0 Å². The van der Waals surface area contributed by atoms with Crippen molar-refractivity contribution < 1.29 is 5.11 Å². The van der Waals surface area contributed by atoms with Crippen LogP contribution in [0.5, 0.6) is 0 Å². The molecule has 0 saturated heterocycles. The van der Waals surface area contributed by atoms with Crippen LogP contribution in [0.15, 0.2) is 18.2 Å². The fraction of sp³-hybridized carbons (Fsp3) is 0.647. The van der Waals surface area contributed by atoms with Crippen LogP contribution in [0.1, 0.15) is 50.5 Å². The van der Waals surface area contributed by atoms with Crippen LogP contribution in [0.3, 0.4) is 0 Å². The van der Waals surface area contributed by atoms with Gasteiger partial charge in [-0.2, -0.15) is 0 Å². The summed E-state index contributed by atoms with van der Waals surface area (Å²) in [6.45, 7) is 14.8. The molecule has 0 amide bonds. The van der Waals surface area contributed by atoms with E-state index in [0.717, 1.165) is 12.1 Å². The summed E-state index contributed by atoms with van der Waals surface area (Å²) in [4.78, 5) is 2.35. The third kappa shape index (κ3) is 4.96. The standard InChI is InChI=1S/C17H29NO/c1-12(2)10-18(13(3)4)11-17(19)16-8-7-14(5)15(6)9-16/h7-9,12-13,17,19H,10-11H2,1-6H3. The van der Waals surface area contributed by atoms with Gasteiger partial charge in [-0.1, -0.05) is 32.0 Å². The minimum atomic E-state index is -0.402. The minimum absolute atomic E-state index is 0.402. The van der Waals surface area contributed by atoms with E-state index in [1.165, 1.54) is 11.1 Å². The van der Waals surface area contributed by atoms with Crippen LogP contribution in [0.25, 0.3) is 0 Å². The van der Waals surface area contributed by atoms with Crippen molar-refractivity contribution in [1.29, 1.82) is 0 Å². The molecule has 1 atom stereocenters. The average Bonchev–Trinajstić information content (AvgIpc) is 2.31. The number of rotatable bonds is 6. The summed E-state index contributed by atoms with van der Waals surface area (Å²) in [6, 6.07) is 6.70. The van der Waals surface area contributed by atoms with Crippen LogP contribution in [0, 0.1) is 19.8 Å². The van der Waals surface area contributed by atoms with E-state index in [1.54, 1.807) is 0 Å². The van der Waals surface area contributed by atoms with Crippen LogP contribution < -0.4 is 0 Å². The normalized spacial score (nSPS) is 13.6. The summed E-state index contributed by atoms with van der Waals surface area (Å²) in [5, 5.41) is 10.4. The van der Waals surface area contributed by atoms with Crippen LogP contribution in [-0.2, 0) is 0 Å². The first-order chi connectivity index (χ1) is 8.81. The number of hydrogen-bond acceptors (Lipinski definition) is 2. The van der Waals surface area contributed by atoms with Gasteiger partial charge in [-0.3, -0.25) is 4.90 Å². The van der Waals surface area contributed by atoms with E-state index >= 15 is 0 Å². The van der Waals surface area contributed by atoms with Crippen molar-refractivity contribution in [2.45, 2.75) is 53.7 Å². The number of nitrogens with zero attached hydrogens (tertiary/aromatic N) is 1. The van der Waals surface area contributed by atoms with E-state index in [4.69, 9.17) is 0 Å². The summed E-state index contributed by atoms with van der Waals surface area (Å²) in [5.74, 6) is 0.620. The molecule has 1 unspecified atom stereocenters.